The van der Waals surface area contributed by atoms with E-state index in [1.54, 1.807) is 0 Å². The molecule has 4 heteroatoms. The van der Waals surface area contributed by atoms with E-state index in [2.05, 4.69) is 109 Å². The van der Waals surface area contributed by atoms with Crippen LogP contribution in [0.15, 0.2) is 168 Å². The molecule has 0 aliphatic carbocycles. The number of para-hydroxylation sites is 1. The van der Waals surface area contributed by atoms with Crippen LogP contribution < -0.4 is 0 Å². The minimum Gasteiger partial charge on any atom is -0.455 e. The molecule has 49 heavy (non-hydrogen) atoms. The summed E-state index contributed by atoms with van der Waals surface area (Å²) in [6.07, 6.45) is 0. The molecule has 0 atom stereocenters. The smallest absolute Gasteiger partial charge is 0.161 e. The second-order valence-electron chi connectivity index (χ2n) is 12.3. The Labute approximate surface area is 282 Å². The lowest BCUT2D eigenvalue weighted by atomic mass is 9.93. The molecule has 0 aliphatic heterocycles. The number of nitrogens with zero attached hydrogens (tertiary/aromatic N) is 3. The van der Waals surface area contributed by atoms with Gasteiger partial charge in [-0.15, -0.1) is 0 Å². The van der Waals surface area contributed by atoms with Gasteiger partial charge in [0.15, 0.2) is 5.82 Å². The van der Waals surface area contributed by atoms with E-state index in [0.717, 1.165) is 77.6 Å². The van der Waals surface area contributed by atoms with Crippen LogP contribution in [-0.4, -0.2) is 15.0 Å². The van der Waals surface area contributed by atoms with Crippen molar-refractivity contribution in [1.29, 1.82) is 0 Å². The highest BCUT2D eigenvalue weighted by atomic mass is 16.3. The number of rotatable bonds is 4. The molecule has 0 bridgehead atoms. The van der Waals surface area contributed by atoms with Gasteiger partial charge in [-0.2, -0.15) is 0 Å². The van der Waals surface area contributed by atoms with Crippen molar-refractivity contribution >= 4 is 54.4 Å². The SMILES string of the molecule is c1ccc(-c2cc(-c3ccccc3)nc(-c3cccc4nc(-c5cc6ccccc6c6ccccc56)c5c6ccccc6oc5c34)n2)cc1. The van der Waals surface area contributed by atoms with Gasteiger partial charge in [0.05, 0.1) is 33.4 Å². The van der Waals surface area contributed by atoms with E-state index in [9.17, 15) is 0 Å². The van der Waals surface area contributed by atoms with E-state index in [0.29, 0.717) is 5.82 Å². The average molecular weight is 626 g/mol. The molecule has 3 aromatic heterocycles. The largest absolute Gasteiger partial charge is 0.455 e. The van der Waals surface area contributed by atoms with Crippen LogP contribution in [0.25, 0.3) is 99.5 Å². The first-order chi connectivity index (χ1) is 24.3. The third-order valence-corrected chi connectivity index (χ3v) is 9.46. The zero-order chi connectivity index (χ0) is 32.3. The monoisotopic (exact) mass is 625 g/mol. The number of hydrogen-bond donors (Lipinski definition) is 0. The Bertz CT molecular complexity index is 2820. The van der Waals surface area contributed by atoms with Gasteiger partial charge in [0.1, 0.15) is 11.2 Å². The Morgan fingerprint density at radius 1 is 0.408 bits per heavy atom. The fraction of sp³-hybridized carbons (Fsp3) is 0. The first-order valence-electron chi connectivity index (χ1n) is 16.5. The molecule has 4 nitrogen and oxygen atoms in total. The summed E-state index contributed by atoms with van der Waals surface area (Å²) in [5.41, 5.74) is 9.04. The van der Waals surface area contributed by atoms with Crippen LogP contribution in [0.1, 0.15) is 0 Å². The Balaban J connectivity index is 1.32. The van der Waals surface area contributed by atoms with Crippen molar-refractivity contribution in [2.45, 2.75) is 0 Å². The van der Waals surface area contributed by atoms with Crippen molar-refractivity contribution in [3.63, 3.8) is 0 Å². The minimum atomic E-state index is 0.623. The molecule has 0 unspecified atom stereocenters. The maximum absolute atomic E-state index is 6.82. The van der Waals surface area contributed by atoms with Gasteiger partial charge in [0.2, 0.25) is 0 Å². The van der Waals surface area contributed by atoms with Gasteiger partial charge in [0, 0.05) is 27.6 Å². The first kappa shape index (κ1) is 27.5. The molecule has 0 saturated carbocycles. The maximum atomic E-state index is 6.82. The normalized spacial score (nSPS) is 11.7. The Kier molecular flexibility index (Phi) is 6.15. The molecule has 0 spiro atoms. The summed E-state index contributed by atoms with van der Waals surface area (Å²) in [5.74, 6) is 0.623. The summed E-state index contributed by atoms with van der Waals surface area (Å²) >= 11 is 0. The van der Waals surface area contributed by atoms with E-state index in [-0.39, 0.29) is 0 Å². The van der Waals surface area contributed by atoms with Gasteiger partial charge in [-0.25, -0.2) is 15.0 Å². The predicted octanol–water partition coefficient (Wildman–Crippen LogP) is 11.9. The van der Waals surface area contributed by atoms with E-state index < -0.39 is 0 Å². The molecule has 0 amide bonds. The molecule has 3 heterocycles. The van der Waals surface area contributed by atoms with Crippen LogP contribution in [0.4, 0.5) is 0 Å². The standard InChI is InChI=1S/C45H27N3O/c1-3-14-28(15-4-1)38-27-39(29-16-5-2-6-17-29)48-45(47-38)35-23-13-24-37-41(35)44-42(34-22-11-12-25-40(34)49-44)43(46-37)36-26-30-18-7-8-19-31(30)32-20-9-10-21-33(32)36/h1-27H. The van der Waals surface area contributed by atoms with Crippen molar-refractivity contribution in [2.75, 3.05) is 0 Å². The quantitative estimate of drug-likeness (QED) is 0.183. The number of pyridine rings is 1. The highest BCUT2D eigenvalue weighted by molar-refractivity contribution is 6.24. The number of hydrogen-bond acceptors (Lipinski definition) is 4. The zero-order valence-electron chi connectivity index (χ0n) is 26.3. The Morgan fingerprint density at radius 3 is 1.76 bits per heavy atom. The molecule has 0 radical (unpaired) electrons. The van der Waals surface area contributed by atoms with Crippen LogP contribution in [0, 0.1) is 0 Å². The van der Waals surface area contributed by atoms with E-state index in [1.165, 1.54) is 16.2 Å². The Hall–Kier alpha value is -6.65. The summed E-state index contributed by atoms with van der Waals surface area (Å²) < 4.78 is 6.82. The molecule has 0 aliphatic rings. The van der Waals surface area contributed by atoms with E-state index in [4.69, 9.17) is 19.4 Å². The fourth-order valence-corrected chi connectivity index (χ4v) is 7.22. The molecule has 10 rings (SSSR count). The van der Waals surface area contributed by atoms with Crippen molar-refractivity contribution in [3.8, 4) is 45.2 Å². The maximum Gasteiger partial charge on any atom is 0.161 e. The first-order valence-corrected chi connectivity index (χ1v) is 16.5. The van der Waals surface area contributed by atoms with Crippen molar-refractivity contribution in [1.82, 2.24) is 15.0 Å². The van der Waals surface area contributed by atoms with E-state index in [1.807, 2.05) is 54.6 Å². The van der Waals surface area contributed by atoms with Gasteiger partial charge in [-0.1, -0.05) is 140 Å². The molecule has 10 aromatic rings. The highest BCUT2D eigenvalue weighted by Crippen LogP contribution is 2.45. The van der Waals surface area contributed by atoms with Gasteiger partial charge >= 0.3 is 0 Å². The summed E-state index contributed by atoms with van der Waals surface area (Å²) in [6.45, 7) is 0. The van der Waals surface area contributed by atoms with Crippen molar-refractivity contribution in [3.05, 3.63) is 164 Å². The molecule has 0 N–H and O–H groups in total. The van der Waals surface area contributed by atoms with E-state index >= 15 is 0 Å². The molecule has 0 saturated heterocycles. The van der Waals surface area contributed by atoms with Gasteiger partial charge in [0.25, 0.3) is 0 Å². The average Bonchev–Trinajstić information content (AvgIpc) is 3.57. The summed E-state index contributed by atoms with van der Waals surface area (Å²) in [7, 11) is 0. The fourth-order valence-electron chi connectivity index (χ4n) is 7.22. The topological polar surface area (TPSA) is 51.8 Å². The Morgan fingerprint density at radius 2 is 1.02 bits per heavy atom. The van der Waals surface area contributed by atoms with Gasteiger partial charge < -0.3 is 4.42 Å². The lowest BCUT2D eigenvalue weighted by molar-refractivity contribution is 0.672. The van der Waals surface area contributed by atoms with Crippen LogP contribution >= 0.6 is 0 Å². The van der Waals surface area contributed by atoms with Gasteiger partial charge in [-0.3, -0.25) is 0 Å². The summed E-state index contributed by atoms with van der Waals surface area (Å²) in [5, 5.41) is 7.66. The number of fused-ring (bicyclic) bond motifs is 8. The van der Waals surface area contributed by atoms with Crippen LogP contribution in [0.3, 0.4) is 0 Å². The minimum absolute atomic E-state index is 0.623. The third-order valence-electron chi connectivity index (χ3n) is 9.46. The highest BCUT2D eigenvalue weighted by Gasteiger charge is 2.23. The van der Waals surface area contributed by atoms with Gasteiger partial charge in [-0.05, 0) is 45.8 Å². The lowest BCUT2D eigenvalue weighted by Gasteiger charge is -2.14. The lowest BCUT2D eigenvalue weighted by Crippen LogP contribution is -1.97. The van der Waals surface area contributed by atoms with Crippen LogP contribution in [-0.2, 0) is 0 Å². The second-order valence-corrected chi connectivity index (χ2v) is 12.3. The van der Waals surface area contributed by atoms with Crippen LogP contribution in [0.2, 0.25) is 0 Å². The number of furan rings is 1. The molecular formula is C45H27N3O. The molecule has 7 aromatic carbocycles. The third kappa shape index (κ3) is 4.42. The van der Waals surface area contributed by atoms with Crippen molar-refractivity contribution < 1.29 is 4.42 Å². The van der Waals surface area contributed by atoms with Crippen LogP contribution in [0.5, 0.6) is 0 Å². The summed E-state index contributed by atoms with van der Waals surface area (Å²) in [6, 6.07) is 56.5. The summed E-state index contributed by atoms with van der Waals surface area (Å²) in [4.78, 5) is 15.9. The molecule has 0 fully saturated rings. The zero-order valence-corrected chi connectivity index (χ0v) is 26.3. The number of aromatic nitrogens is 3. The number of benzene rings is 7. The predicted molar refractivity (Wildman–Crippen MR) is 201 cm³/mol. The van der Waals surface area contributed by atoms with Crippen molar-refractivity contribution in [2.24, 2.45) is 0 Å². The molecular weight excluding hydrogens is 599 g/mol. The molecule has 228 valence electrons. The second kappa shape index (κ2) is 11.0.